The molecule has 2 nitrogen and oxygen atoms in total. The van der Waals surface area contributed by atoms with Crippen molar-refractivity contribution in [3.63, 3.8) is 0 Å². The molecule has 1 heterocycles. The van der Waals surface area contributed by atoms with Crippen LogP contribution in [0, 0.1) is 11.8 Å². The molecular formula is C17H31NO. The largest absolute Gasteiger partial charge is 0.393 e. The Bertz CT molecular complexity index is 293. The van der Waals surface area contributed by atoms with Crippen LogP contribution in [0.3, 0.4) is 0 Å². The molecule has 0 amide bonds. The molecule has 5 atom stereocenters. The molecule has 5 unspecified atom stereocenters. The van der Waals surface area contributed by atoms with Crippen molar-refractivity contribution in [1.29, 1.82) is 0 Å². The van der Waals surface area contributed by atoms with Gasteiger partial charge in [-0.2, -0.15) is 0 Å². The molecule has 2 saturated carbocycles. The van der Waals surface area contributed by atoms with E-state index in [4.69, 9.17) is 0 Å². The topological polar surface area (TPSA) is 23.5 Å². The Hall–Kier alpha value is -0.0800. The zero-order valence-corrected chi connectivity index (χ0v) is 12.6. The van der Waals surface area contributed by atoms with Gasteiger partial charge in [0, 0.05) is 18.0 Å². The highest BCUT2D eigenvalue weighted by molar-refractivity contribution is 4.96. The number of hydrogen-bond acceptors (Lipinski definition) is 2. The zero-order chi connectivity index (χ0) is 13.2. The number of rotatable bonds is 3. The highest BCUT2D eigenvalue weighted by Crippen LogP contribution is 2.40. The van der Waals surface area contributed by atoms with E-state index in [2.05, 4.69) is 11.8 Å². The second kappa shape index (κ2) is 6.13. The average Bonchev–Trinajstić information content (AvgIpc) is 3.06. The molecule has 0 aromatic rings. The maximum absolute atomic E-state index is 10.3. The molecule has 1 saturated heterocycles. The fourth-order valence-corrected chi connectivity index (χ4v) is 5.21. The molecule has 0 aromatic heterocycles. The number of aliphatic hydroxyl groups excluding tert-OH is 1. The van der Waals surface area contributed by atoms with Gasteiger partial charge in [-0.25, -0.2) is 0 Å². The van der Waals surface area contributed by atoms with Crippen LogP contribution in [0.1, 0.15) is 71.1 Å². The van der Waals surface area contributed by atoms with Crippen LogP contribution < -0.4 is 0 Å². The van der Waals surface area contributed by atoms with Crippen molar-refractivity contribution in [1.82, 2.24) is 4.90 Å². The molecule has 110 valence electrons. The summed E-state index contributed by atoms with van der Waals surface area (Å²) in [4.78, 5) is 2.84. The van der Waals surface area contributed by atoms with E-state index in [0.29, 0.717) is 12.0 Å². The van der Waals surface area contributed by atoms with Crippen LogP contribution in [0.2, 0.25) is 0 Å². The van der Waals surface area contributed by atoms with Gasteiger partial charge in [-0.15, -0.1) is 0 Å². The summed E-state index contributed by atoms with van der Waals surface area (Å²) in [6.07, 6.45) is 13.3. The molecule has 0 aromatic carbocycles. The molecule has 3 aliphatic rings. The molecular weight excluding hydrogens is 234 g/mol. The lowest BCUT2D eigenvalue weighted by molar-refractivity contribution is 0.0270. The first kappa shape index (κ1) is 13.9. The van der Waals surface area contributed by atoms with Crippen LogP contribution in [-0.4, -0.2) is 34.7 Å². The van der Waals surface area contributed by atoms with Crippen LogP contribution >= 0.6 is 0 Å². The van der Waals surface area contributed by atoms with Crippen LogP contribution in [-0.2, 0) is 0 Å². The lowest BCUT2D eigenvalue weighted by atomic mass is 9.80. The molecule has 0 radical (unpaired) electrons. The van der Waals surface area contributed by atoms with E-state index in [-0.39, 0.29) is 6.10 Å². The predicted molar refractivity (Wildman–Crippen MR) is 79.1 cm³/mol. The summed E-state index contributed by atoms with van der Waals surface area (Å²) in [6, 6.07) is 1.54. The van der Waals surface area contributed by atoms with Gasteiger partial charge < -0.3 is 5.11 Å². The molecule has 19 heavy (non-hydrogen) atoms. The third kappa shape index (κ3) is 2.71. The lowest BCUT2D eigenvalue weighted by Crippen LogP contribution is -2.48. The van der Waals surface area contributed by atoms with Gasteiger partial charge in [0.05, 0.1) is 6.10 Å². The minimum absolute atomic E-state index is 0.00531. The van der Waals surface area contributed by atoms with Crippen LogP contribution in [0.4, 0.5) is 0 Å². The quantitative estimate of drug-likeness (QED) is 0.843. The van der Waals surface area contributed by atoms with Crippen molar-refractivity contribution >= 4 is 0 Å². The summed E-state index contributed by atoms with van der Waals surface area (Å²) < 4.78 is 0. The molecule has 3 fully saturated rings. The highest BCUT2D eigenvalue weighted by atomic mass is 16.3. The van der Waals surface area contributed by atoms with Gasteiger partial charge in [-0.05, 0) is 51.0 Å². The molecule has 2 aliphatic carbocycles. The van der Waals surface area contributed by atoms with Crippen molar-refractivity contribution in [2.45, 2.75) is 89.3 Å². The third-order valence-corrected chi connectivity index (χ3v) is 6.19. The number of likely N-dealkylation sites (tertiary alicyclic amines) is 1. The van der Waals surface area contributed by atoms with Gasteiger partial charge in [0.1, 0.15) is 0 Å². The maximum Gasteiger partial charge on any atom is 0.0583 e. The first-order valence-corrected chi connectivity index (χ1v) is 8.75. The monoisotopic (exact) mass is 265 g/mol. The molecule has 0 spiro atoms. The number of aliphatic hydroxyl groups is 1. The van der Waals surface area contributed by atoms with Crippen molar-refractivity contribution < 1.29 is 5.11 Å². The van der Waals surface area contributed by atoms with Gasteiger partial charge in [-0.1, -0.05) is 32.6 Å². The third-order valence-electron chi connectivity index (χ3n) is 6.19. The Morgan fingerprint density at radius 3 is 2.42 bits per heavy atom. The summed E-state index contributed by atoms with van der Waals surface area (Å²) in [5, 5.41) is 10.3. The van der Waals surface area contributed by atoms with E-state index in [1.54, 1.807) is 0 Å². The number of nitrogens with zero attached hydrogens (tertiary/aromatic N) is 1. The summed E-state index contributed by atoms with van der Waals surface area (Å²) in [7, 11) is 0. The molecule has 2 heteroatoms. The van der Waals surface area contributed by atoms with E-state index in [9.17, 15) is 5.11 Å². The van der Waals surface area contributed by atoms with E-state index in [1.807, 2.05) is 0 Å². The second-order valence-electron chi connectivity index (χ2n) is 7.13. The van der Waals surface area contributed by atoms with Crippen molar-refractivity contribution in [3.05, 3.63) is 0 Å². The standard InChI is InChI=1S/C17H31NO/c1-2-13-7-3-4-9-15(13)18-12-6-10-16(18)14-8-5-11-17(14)19/h13-17,19H,2-12H2,1H3. The van der Waals surface area contributed by atoms with E-state index in [0.717, 1.165) is 18.4 Å². The van der Waals surface area contributed by atoms with Gasteiger partial charge in [0.25, 0.3) is 0 Å². The van der Waals surface area contributed by atoms with Crippen molar-refractivity contribution in [2.24, 2.45) is 11.8 Å². The fourth-order valence-electron chi connectivity index (χ4n) is 5.21. The van der Waals surface area contributed by atoms with Crippen molar-refractivity contribution in [3.8, 4) is 0 Å². The van der Waals surface area contributed by atoms with Crippen LogP contribution in [0.25, 0.3) is 0 Å². The Morgan fingerprint density at radius 2 is 1.68 bits per heavy atom. The van der Waals surface area contributed by atoms with E-state index in [1.165, 1.54) is 64.3 Å². The summed E-state index contributed by atoms with van der Waals surface area (Å²) in [6.45, 7) is 3.67. The lowest BCUT2D eigenvalue weighted by Gasteiger charge is -2.43. The molecule has 3 rings (SSSR count). The predicted octanol–water partition coefficient (Wildman–Crippen LogP) is 3.58. The zero-order valence-electron chi connectivity index (χ0n) is 12.6. The van der Waals surface area contributed by atoms with Gasteiger partial charge >= 0.3 is 0 Å². The number of hydrogen-bond donors (Lipinski definition) is 1. The second-order valence-corrected chi connectivity index (χ2v) is 7.13. The maximum atomic E-state index is 10.3. The first-order valence-electron chi connectivity index (χ1n) is 8.75. The SMILES string of the molecule is CCC1CCCCC1N1CCCC1C1CCCC1O. The molecule has 1 aliphatic heterocycles. The van der Waals surface area contributed by atoms with Gasteiger partial charge in [-0.3, -0.25) is 4.90 Å². The summed E-state index contributed by atoms with van der Waals surface area (Å²) in [5.41, 5.74) is 0. The Morgan fingerprint density at radius 1 is 0.895 bits per heavy atom. The molecule has 0 bridgehead atoms. The minimum atomic E-state index is -0.00531. The fraction of sp³-hybridized carbons (Fsp3) is 1.00. The van der Waals surface area contributed by atoms with Gasteiger partial charge in [0.2, 0.25) is 0 Å². The van der Waals surface area contributed by atoms with Crippen LogP contribution in [0.5, 0.6) is 0 Å². The van der Waals surface area contributed by atoms with E-state index >= 15 is 0 Å². The Labute approximate surface area is 118 Å². The highest BCUT2D eigenvalue weighted by Gasteiger charge is 2.42. The summed E-state index contributed by atoms with van der Waals surface area (Å²) >= 11 is 0. The molecule has 1 N–H and O–H groups in total. The average molecular weight is 265 g/mol. The smallest absolute Gasteiger partial charge is 0.0583 e. The Balaban J connectivity index is 1.71. The van der Waals surface area contributed by atoms with Crippen molar-refractivity contribution in [2.75, 3.05) is 6.54 Å². The Kier molecular flexibility index (Phi) is 4.48. The van der Waals surface area contributed by atoms with E-state index < -0.39 is 0 Å². The summed E-state index contributed by atoms with van der Waals surface area (Å²) in [5.74, 6) is 1.51. The first-order chi connectivity index (χ1) is 9.31. The minimum Gasteiger partial charge on any atom is -0.393 e. The van der Waals surface area contributed by atoms with Crippen LogP contribution in [0.15, 0.2) is 0 Å². The normalized spacial score (nSPS) is 44.8. The van der Waals surface area contributed by atoms with Gasteiger partial charge in [0.15, 0.2) is 0 Å².